The maximum absolute atomic E-state index is 14.0. The van der Waals surface area contributed by atoms with Crippen molar-refractivity contribution < 1.29 is 14.5 Å². The van der Waals surface area contributed by atoms with Crippen molar-refractivity contribution in [3.63, 3.8) is 0 Å². The molecule has 5 rings (SSSR count). The fraction of sp³-hybridized carbons (Fsp3) is 0.167. The standard InChI is InChI=1S/C30H27N3O4/c1-2-37-26-16-13-24(14-17-26)29-31(20-22-9-5-3-6-10-22)28-18-15-25(33(35)36)19-27(28)30(34)32(29)21-23-11-7-4-8-12-23/h3-19,29H,2,20-21H2,1H3/t29-/m1/s1. The molecule has 0 aliphatic carbocycles. The average molecular weight is 494 g/mol. The van der Waals surface area contributed by atoms with Gasteiger partial charge in [-0.05, 0) is 41.8 Å². The summed E-state index contributed by atoms with van der Waals surface area (Å²) >= 11 is 0. The number of benzene rings is 4. The van der Waals surface area contributed by atoms with Gasteiger partial charge in [0.15, 0.2) is 0 Å². The van der Waals surface area contributed by atoms with Gasteiger partial charge in [-0.2, -0.15) is 0 Å². The van der Waals surface area contributed by atoms with E-state index < -0.39 is 11.1 Å². The number of rotatable bonds is 8. The number of nitro groups is 1. The smallest absolute Gasteiger partial charge is 0.270 e. The van der Waals surface area contributed by atoms with E-state index in [0.717, 1.165) is 22.4 Å². The van der Waals surface area contributed by atoms with Gasteiger partial charge in [-0.1, -0.05) is 72.8 Å². The zero-order valence-electron chi connectivity index (χ0n) is 20.5. The van der Waals surface area contributed by atoms with E-state index in [2.05, 4.69) is 4.90 Å². The molecule has 1 atom stereocenters. The maximum atomic E-state index is 14.0. The molecule has 1 aliphatic heterocycles. The molecule has 0 fully saturated rings. The van der Waals surface area contributed by atoms with Gasteiger partial charge in [0.2, 0.25) is 0 Å². The van der Waals surface area contributed by atoms with E-state index >= 15 is 0 Å². The molecule has 0 N–H and O–H groups in total. The number of carbonyl (C=O) groups is 1. The van der Waals surface area contributed by atoms with Crippen molar-refractivity contribution in [2.24, 2.45) is 0 Å². The summed E-state index contributed by atoms with van der Waals surface area (Å²) < 4.78 is 5.65. The fourth-order valence-electron chi connectivity index (χ4n) is 4.78. The molecule has 0 bridgehead atoms. The minimum atomic E-state index is -0.463. The van der Waals surface area contributed by atoms with Crippen LogP contribution in [0.3, 0.4) is 0 Å². The maximum Gasteiger partial charge on any atom is 0.270 e. The lowest BCUT2D eigenvalue weighted by molar-refractivity contribution is -0.384. The van der Waals surface area contributed by atoms with Gasteiger partial charge >= 0.3 is 0 Å². The van der Waals surface area contributed by atoms with E-state index in [9.17, 15) is 14.9 Å². The number of hydrogen-bond acceptors (Lipinski definition) is 5. The van der Waals surface area contributed by atoms with Crippen molar-refractivity contribution >= 4 is 17.3 Å². The molecule has 4 aromatic carbocycles. The van der Waals surface area contributed by atoms with Gasteiger partial charge in [0.05, 0.1) is 22.8 Å². The number of anilines is 1. The van der Waals surface area contributed by atoms with Gasteiger partial charge < -0.3 is 14.5 Å². The lowest BCUT2D eigenvalue weighted by Gasteiger charge is -2.46. The zero-order valence-corrected chi connectivity index (χ0v) is 20.5. The molecular formula is C30H27N3O4. The average Bonchev–Trinajstić information content (AvgIpc) is 2.93. The first-order valence-electron chi connectivity index (χ1n) is 12.2. The number of hydrogen-bond donors (Lipinski definition) is 0. The molecule has 7 nitrogen and oxygen atoms in total. The number of nitrogens with zero attached hydrogens (tertiary/aromatic N) is 3. The summed E-state index contributed by atoms with van der Waals surface area (Å²) in [6.45, 7) is 3.37. The molecule has 0 aromatic heterocycles. The first kappa shape index (κ1) is 24.1. The van der Waals surface area contributed by atoms with Gasteiger partial charge in [-0.15, -0.1) is 0 Å². The number of fused-ring (bicyclic) bond motifs is 1. The Morgan fingerprint density at radius 2 is 1.41 bits per heavy atom. The predicted molar refractivity (Wildman–Crippen MR) is 142 cm³/mol. The topological polar surface area (TPSA) is 75.9 Å². The largest absolute Gasteiger partial charge is 0.494 e. The van der Waals surface area contributed by atoms with Crippen LogP contribution in [0.4, 0.5) is 11.4 Å². The molecule has 0 radical (unpaired) electrons. The highest BCUT2D eigenvalue weighted by molar-refractivity contribution is 6.02. The zero-order chi connectivity index (χ0) is 25.8. The van der Waals surface area contributed by atoms with E-state index in [-0.39, 0.29) is 11.6 Å². The van der Waals surface area contributed by atoms with E-state index in [0.29, 0.717) is 30.9 Å². The highest BCUT2D eigenvalue weighted by atomic mass is 16.6. The first-order chi connectivity index (χ1) is 18.0. The molecule has 7 heteroatoms. The van der Waals surface area contributed by atoms with Gasteiger partial charge in [0.1, 0.15) is 11.9 Å². The van der Waals surface area contributed by atoms with Gasteiger partial charge in [0.25, 0.3) is 11.6 Å². The Balaban J connectivity index is 1.67. The summed E-state index contributed by atoms with van der Waals surface area (Å²) in [5, 5.41) is 11.6. The number of nitro benzene ring substituents is 1. The van der Waals surface area contributed by atoms with Crippen LogP contribution in [0.5, 0.6) is 5.75 Å². The molecule has 4 aromatic rings. The Morgan fingerprint density at radius 3 is 1.97 bits per heavy atom. The van der Waals surface area contributed by atoms with Gasteiger partial charge in [-0.3, -0.25) is 14.9 Å². The van der Waals surface area contributed by atoms with Crippen molar-refractivity contribution in [1.82, 2.24) is 4.90 Å². The minimum Gasteiger partial charge on any atom is -0.494 e. The van der Waals surface area contributed by atoms with Crippen LogP contribution < -0.4 is 9.64 Å². The Hall–Kier alpha value is -4.65. The molecule has 0 saturated heterocycles. The lowest BCUT2D eigenvalue weighted by atomic mass is 9.98. The second-order valence-corrected chi connectivity index (χ2v) is 8.87. The van der Waals surface area contributed by atoms with Crippen LogP contribution in [0.15, 0.2) is 103 Å². The molecule has 37 heavy (non-hydrogen) atoms. The van der Waals surface area contributed by atoms with E-state index in [1.165, 1.54) is 12.1 Å². The minimum absolute atomic E-state index is 0.106. The highest BCUT2D eigenvalue weighted by Gasteiger charge is 2.39. The number of amides is 1. The van der Waals surface area contributed by atoms with Crippen LogP contribution in [0.1, 0.15) is 40.1 Å². The first-order valence-corrected chi connectivity index (χ1v) is 12.2. The third kappa shape index (κ3) is 5.02. The number of ether oxygens (including phenoxy) is 1. The van der Waals surface area contributed by atoms with Crippen molar-refractivity contribution in [2.75, 3.05) is 11.5 Å². The molecule has 186 valence electrons. The monoisotopic (exact) mass is 493 g/mol. The van der Waals surface area contributed by atoms with Crippen LogP contribution in [-0.2, 0) is 13.1 Å². The Labute approximate surface area is 215 Å². The summed E-state index contributed by atoms with van der Waals surface area (Å²) in [6, 6.07) is 32.1. The molecular weight excluding hydrogens is 466 g/mol. The SMILES string of the molecule is CCOc1ccc([C@H]2N(Cc3ccccc3)C(=O)c3cc([N+](=O)[O-])ccc3N2Cc2ccccc2)cc1. The third-order valence-corrected chi connectivity index (χ3v) is 6.46. The second-order valence-electron chi connectivity index (χ2n) is 8.87. The summed E-state index contributed by atoms with van der Waals surface area (Å²) in [5.41, 5.74) is 3.85. The van der Waals surface area contributed by atoms with Crippen LogP contribution in [0, 0.1) is 10.1 Å². The molecule has 1 heterocycles. The number of carbonyl (C=O) groups excluding carboxylic acids is 1. The fourth-order valence-corrected chi connectivity index (χ4v) is 4.78. The molecule has 0 saturated carbocycles. The molecule has 0 spiro atoms. The van der Waals surface area contributed by atoms with E-state index in [1.807, 2.05) is 91.9 Å². The number of non-ortho nitro benzene ring substituents is 1. The summed E-state index contributed by atoms with van der Waals surface area (Å²) in [4.78, 5) is 29.0. The Bertz CT molecular complexity index is 1390. The highest BCUT2D eigenvalue weighted by Crippen LogP contribution is 2.42. The third-order valence-electron chi connectivity index (χ3n) is 6.46. The van der Waals surface area contributed by atoms with Crippen LogP contribution in [0.25, 0.3) is 0 Å². The molecule has 1 amide bonds. The normalized spacial score (nSPS) is 14.8. The van der Waals surface area contributed by atoms with Crippen molar-refractivity contribution in [3.05, 3.63) is 135 Å². The van der Waals surface area contributed by atoms with Crippen LogP contribution in [0.2, 0.25) is 0 Å². The van der Waals surface area contributed by atoms with Crippen molar-refractivity contribution in [1.29, 1.82) is 0 Å². The van der Waals surface area contributed by atoms with E-state index in [4.69, 9.17) is 4.74 Å². The Morgan fingerprint density at radius 1 is 0.811 bits per heavy atom. The Kier molecular flexibility index (Phi) is 6.85. The van der Waals surface area contributed by atoms with Crippen LogP contribution >= 0.6 is 0 Å². The molecule has 1 aliphatic rings. The summed E-state index contributed by atoms with van der Waals surface area (Å²) in [7, 11) is 0. The van der Waals surface area contributed by atoms with Gasteiger partial charge in [-0.25, -0.2) is 0 Å². The molecule has 0 unspecified atom stereocenters. The second kappa shape index (κ2) is 10.5. The van der Waals surface area contributed by atoms with Gasteiger partial charge in [0, 0.05) is 25.2 Å². The quantitative estimate of drug-likeness (QED) is 0.211. The summed E-state index contributed by atoms with van der Waals surface area (Å²) in [6.07, 6.45) is -0.433. The predicted octanol–water partition coefficient (Wildman–Crippen LogP) is 6.35. The summed E-state index contributed by atoms with van der Waals surface area (Å²) in [5.74, 6) is 0.513. The van der Waals surface area contributed by atoms with Crippen molar-refractivity contribution in [2.45, 2.75) is 26.2 Å². The van der Waals surface area contributed by atoms with Crippen molar-refractivity contribution in [3.8, 4) is 5.75 Å². The van der Waals surface area contributed by atoms with E-state index in [1.54, 1.807) is 11.0 Å². The lowest BCUT2D eigenvalue weighted by Crippen LogP contribution is -2.48. The van der Waals surface area contributed by atoms with Crippen LogP contribution in [-0.4, -0.2) is 22.3 Å².